The number of aliphatic hydroxyl groups is 1. The molecule has 1 unspecified atom stereocenters. The minimum atomic E-state index is -0.773. The summed E-state index contributed by atoms with van der Waals surface area (Å²) < 4.78 is 10.8. The van der Waals surface area contributed by atoms with E-state index >= 15 is 0 Å². The van der Waals surface area contributed by atoms with Crippen LogP contribution in [0.5, 0.6) is 0 Å². The maximum atomic E-state index is 12.4. The van der Waals surface area contributed by atoms with Crippen molar-refractivity contribution in [3.63, 3.8) is 0 Å². The van der Waals surface area contributed by atoms with Crippen molar-refractivity contribution in [2.24, 2.45) is 0 Å². The first-order valence-corrected chi connectivity index (χ1v) is 33.8. The number of hydrogen-bond acceptors (Lipinski definition) is 5. The number of aliphatic hydroxyl groups excluding tert-OH is 1. The number of ether oxygens (including phenoxy) is 2. The van der Waals surface area contributed by atoms with Crippen LogP contribution in [0.3, 0.4) is 0 Å². The summed E-state index contributed by atoms with van der Waals surface area (Å²) in [6.07, 6.45) is 91.1. The lowest BCUT2D eigenvalue weighted by molar-refractivity contribution is -0.161. The second-order valence-electron chi connectivity index (χ2n) is 22.9. The van der Waals surface area contributed by atoms with Crippen molar-refractivity contribution in [1.82, 2.24) is 0 Å². The third-order valence-electron chi connectivity index (χ3n) is 15.3. The van der Waals surface area contributed by atoms with Gasteiger partial charge in [0.2, 0.25) is 0 Å². The van der Waals surface area contributed by atoms with E-state index < -0.39 is 6.10 Å². The summed E-state index contributed by atoms with van der Waals surface area (Å²) in [6, 6.07) is 0. The number of carbonyl (C=O) groups is 2. The van der Waals surface area contributed by atoms with Crippen LogP contribution in [0, 0.1) is 0 Å². The molecule has 0 amide bonds. The Balaban J connectivity index is 3.41. The largest absolute Gasteiger partial charge is 0.462 e. The van der Waals surface area contributed by atoms with Gasteiger partial charge in [-0.05, 0) is 57.8 Å². The van der Waals surface area contributed by atoms with Crippen LogP contribution >= 0.6 is 0 Å². The fourth-order valence-corrected chi connectivity index (χ4v) is 10.3. The molecule has 0 saturated carbocycles. The maximum absolute atomic E-state index is 12.4. The van der Waals surface area contributed by atoms with Crippen LogP contribution in [-0.4, -0.2) is 36.4 Å². The predicted octanol–water partition coefficient (Wildman–Crippen LogP) is 23.3. The fourth-order valence-electron chi connectivity index (χ4n) is 10.3. The number of allylic oxidation sites excluding steroid dienone is 10. The molecule has 0 radical (unpaired) electrons. The van der Waals surface area contributed by atoms with Gasteiger partial charge in [-0.15, -0.1) is 0 Å². The lowest BCUT2D eigenvalue weighted by Gasteiger charge is -2.15. The normalized spacial score (nSPS) is 12.5. The van der Waals surface area contributed by atoms with E-state index in [1.54, 1.807) is 0 Å². The Labute approximate surface area is 474 Å². The van der Waals surface area contributed by atoms with E-state index in [0.29, 0.717) is 12.8 Å². The molecule has 1 atom stereocenters. The molecule has 0 aromatic heterocycles. The van der Waals surface area contributed by atoms with Crippen LogP contribution in [0.4, 0.5) is 0 Å². The molecule has 0 aliphatic heterocycles. The topological polar surface area (TPSA) is 72.8 Å². The molecular formula is C71H130O5. The van der Waals surface area contributed by atoms with Gasteiger partial charge in [0.25, 0.3) is 0 Å². The van der Waals surface area contributed by atoms with Gasteiger partial charge in [0.1, 0.15) is 6.61 Å². The van der Waals surface area contributed by atoms with Crippen LogP contribution in [-0.2, 0) is 19.1 Å². The third-order valence-corrected chi connectivity index (χ3v) is 15.3. The predicted molar refractivity (Wildman–Crippen MR) is 334 cm³/mol. The lowest BCUT2D eigenvalue weighted by atomic mass is 10.0. The molecule has 0 aliphatic carbocycles. The zero-order valence-corrected chi connectivity index (χ0v) is 51.0. The Bertz CT molecular complexity index is 1300. The van der Waals surface area contributed by atoms with Gasteiger partial charge in [0.15, 0.2) is 6.10 Å². The third kappa shape index (κ3) is 64.1. The quantitative estimate of drug-likeness (QED) is 0.0373. The molecule has 76 heavy (non-hydrogen) atoms. The minimum absolute atomic E-state index is 0.0618. The summed E-state index contributed by atoms with van der Waals surface area (Å²) >= 11 is 0. The first-order chi connectivity index (χ1) is 37.6. The summed E-state index contributed by atoms with van der Waals surface area (Å²) in [6.45, 7) is 4.08. The van der Waals surface area contributed by atoms with Crippen LogP contribution in [0.25, 0.3) is 0 Å². The average Bonchev–Trinajstić information content (AvgIpc) is 3.42. The van der Waals surface area contributed by atoms with Gasteiger partial charge in [0, 0.05) is 12.8 Å². The number of unbranched alkanes of at least 4 members (excludes halogenated alkanes) is 45. The summed E-state index contributed by atoms with van der Waals surface area (Å²) in [4.78, 5) is 24.6. The highest BCUT2D eigenvalue weighted by Crippen LogP contribution is 2.19. The molecule has 5 heteroatoms. The Morgan fingerprint density at radius 3 is 0.855 bits per heavy atom. The molecule has 0 aromatic rings. The molecule has 0 rings (SSSR count). The molecule has 444 valence electrons. The molecule has 0 aromatic carbocycles. The van der Waals surface area contributed by atoms with Crippen LogP contribution in [0.2, 0.25) is 0 Å². The van der Waals surface area contributed by atoms with Crippen LogP contribution in [0.15, 0.2) is 60.8 Å². The molecule has 0 saturated heterocycles. The van der Waals surface area contributed by atoms with E-state index in [0.717, 1.165) is 64.2 Å². The number of hydrogen-bond donors (Lipinski definition) is 1. The summed E-state index contributed by atoms with van der Waals surface area (Å²) in [5.74, 6) is -0.572. The van der Waals surface area contributed by atoms with Crippen molar-refractivity contribution in [2.45, 2.75) is 367 Å². The second kappa shape index (κ2) is 66.9. The van der Waals surface area contributed by atoms with Gasteiger partial charge in [-0.2, -0.15) is 0 Å². The van der Waals surface area contributed by atoms with Gasteiger partial charge in [-0.25, -0.2) is 0 Å². The fraction of sp³-hybridized carbons (Fsp3) is 0.831. The van der Waals surface area contributed by atoms with Crippen molar-refractivity contribution in [3.8, 4) is 0 Å². The van der Waals surface area contributed by atoms with Gasteiger partial charge >= 0.3 is 11.9 Å². The van der Waals surface area contributed by atoms with E-state index in [-0.39, 0.29) is 25.2 Å². The summed E-state index contributed by atoms with van der Waals surface area (Å²) in [5.41, 5.74) is 0. The highest BCUT2D eigenvalue weighted by Gasteiger charge is 2.16. The van der Waals surface area contributed by atoms with Crippen LogP contribution in [0.1, 0.15) is 361 Å². The maximum Gasteiger partial charge on any atom is 0.306 e. The molecule has 0 bridgehead atoms. The van der Waals surface area contributed by atoms with Gasteiger partial charge in [-0.3, -0.25) is 9.59 Å². The van der Waals surface area contributed by atoms with E-state index in [9.17, 15) is 14.7 Å². The van der Waals surface area contributed by atoms with Crippen molar-refractivity contribution in [2.75, 3.05) is 13.2 Å². The average molecular weight is 1060 g/mol. The zero-order valence-electron chi connectivity index (χ0n) is 51.0. The van der Waals surface area contributed by atoms with E-state index in [2.05, 4.69) is 74.6 Å². The smallest absolute Gasteiger partial charge is 0.306 e. The standard InChI is InChI=1S/C71H130O5/c1-3-5-7-9-11-13-15-17-19-21-23-25-27-29-31-33-35-37-39-41-43-45-47-49-51-53-55-57-59-61-63-65-70(73)75-68-69(67-72)76-71(74)66-64-62-60-58-56-54-52-50-48-46-44-42-40-38-36-34-32-30-28-26-24-22-20-18-16-14-12-10-8-6-4-2/h6,8,12,14,18,20,24,26,30,32,69,72H,3-5,7,9-11,13,15-17,19,21-23,25,27-29,31,33-68H2,1-2H3/b8-6-,14-12-,20-18-,26-24-,32-30-. The highest BCUT2D eigenvalue weighted by molar-refractivity contribution is 5.70. The van der Waals surface area contributed by atoms with Crippen molar-refractivity contribution < 1.29 is 24.2 Å². The summed E-state index contributed by atoms with van der Waals surface area (Å²) in [7, 11) is 0. The Morgan fingerprint density at radius 2 is 0.566 bits per heavy atom. The number of rotatable bonds is 63. The first-order valence-electron chi connectivity index (χ1n) is 33.8. The van der Waals surface area contributed by atoms with E-state index in [1.165, 1.54) is 270 Å². The Kier molecular flexibility index (Phi) is 64.8. The zero-order chi connectivity index (χ0) is 54.8. The summed E-state index contributed by atoms with van der Waals surface area (Å²) in [5, 5.41) is 9.70. The monoisotopic (exact) mass is 1060 g/mol. The van der Waals surface area contributed by atoms with Gasteiger partial charge in [0.05, 0.1) is 6.61 Å². The molecule has 0 heterocycles. The van der Waals surface area contributed by atoms with E-state index in [1.807, 2.05) is 0 Å². The molecule has 0 fully saturated rings. The van der Waals surface area contributed by atoms with Gasteiger partial charge in [-0.1, -0.05) is 351 Å². The number of carbonyl (C=O) groups excluding carboxylic acids is 2. The van der Waals surface area contributed by atoms with E-state index in [4.69, 9.17) is 9.47 Å². The Hall–Kier alpha value is -2.40. The first kappa shape index (κ1) is 73.6. The number of esters is 2. The van der Waals surface area contributed by atoms with Gasteiger partial charge < -0.3 is 14.6 Å². The minimum Gasteiger partial charge on any atom is -0.462 e. The second-order valence-corrected chi connectivity index (χ2v) is 22.9. The molecule has 0 aliphatic rings. The molecule has 5 nitrogen and oxygen atoms in total. The molecule has 1 N–H and O–H groups in total. The highest BCUT2D eigenvalue weighted by atomic mass is 16.6. The van der Waals surface area contributed by atoms with Crippen LogP contribution < -0.4 is 0 Å². The van der Waals surface area contributed by atoms with Crippen molar-refractivity contribution in [1.29, 1.82) is 0 Å². The Morgan fingerprint density at radius 1 is 0.316 bits per heavy atom. The molecular weight excluding hydrogens is 933 g/mol. The lowest BCUT2D eigenvalue weighted by Crippen LogP contribution is -2.28. The van der Waals surface area contributed by atoms with Crippen molar-refractivity contribution in [3.05, 3.63) is 60.8 Å². The van der Waals surface area contributed by atoms with Crippen molar-refractivity contribution >= 4 is 11.9 Å². The SMILES string of the molecule is CC/C=C\C/C=C\C/C=C\C/C=C\C/C=C\CCCCCCCCCCCCCCCCCC(=O)OC(CO)COC(=O)CCCCCCCCCCCCCCCCCCCCCCCCCCCCCCCCC. The molecule has 0 spiro atoms.